The molecule has 0 saturated heterocycles. The second kappa shape index (κ2) is 11.9. The first-order chi connectivity index (χ1) is 14.1. The molecule has 2 aromatic rings. The number of rotatable bonds is 7. The summed E-state index contributed by atoms with van der Waals surface area (Å²) < 4.78 is 42.6. The van der Waals surface area contributed by atoms with Crippen molar-refractivity contribution < 1.29 is 18.0 Å². The van der Waals surface area contributed by atoms with Crippen molar-refractivity contribution in [3.63, 3.8) is 0 Å². The number of alkyl halides is 3. The van der Waals surface area contributed by atoms with E-state index in [9.17, 15) is 18.0 Å². The van der Waals surface area contributed by atoms with Gasteiger partial charge in [0.1, 0.15) is 4.60 Å². The van der Waals surface area contributed by atoms with Crippen LogP contribution in [0.25, 0.3) is 0 Å². The van der Waals surface area contributed by atoms with Crippen molar-refractivity contribution in [2.24, 2.45) is 7.05 Å². The van der Waals surface area contributed by atoms with Gasteiger partial charge in [0.25, 0.3) is 0 Å². The van der Waals surface area contributed by atoms with Crippen molar-refractivity contribution in [3.8, 4) is 0 Å². The Bertz CT molecular complexity index is 806. The van der Waals surface area contributed by atoms with Crippen LogP contribution in [0.2, 0.25) is 0 Å². The number of likely N-dealkylation sites (N-methyl/N-ethyl adjacent to an activating group) is 2. The van der Waals surface area contributed by atoms with Crippen molar-refractivity contribution in [3.05, 3.63) is 40.0 Å². The number of amides is 2. The molecule has 0 aliphatic carbocycles. The second-order valence-corrected chi connectivity index (χ2v) is 7.08. The molecule has 1 aromatic carbocycles. The summed E-state index contributed by atoms with van der Waals surface area (Å²) in [5.41, 5.74) is -0.589. The van der Waals surface area contributed by atoms with Gasteiger partial charge in [-0.15, -0.1) is 0 Å². The number of hydrogen-bond donors (Lipinski definition) is 3. The molecule has 1 aromatic heterocycles. The molecule has 0 bridgehead atoms. The number of benzene rings is 1. The highest BCUT2D eigenvalue weighted by Gasteiger charge is 2.34. The molecule has 2 amide bonds. The maximum atomic E-state index is 13.5. The Labute approximate surface area is 183 Å². The van der Waals surface area contributed by atoms with Gasteiger partial charge in [-0.3, -0.25) is 10.00 Å². The highest BCUT2D eigenvalue weighted by molar-refractivity contribution is 9.10. The fraction of sp³-hybridized carbons (Fsp3) is 0.474. The summed E-state index contributed by atoms with van der Waals surface area (Å²) in [5.74, 6) is 0.269. The number of nitrogens with zero attached hydrogens (tertiary/aromatic N) is 3. The SMILES string of the molecule is CC.CNCCN(C)Cc1ccc(NC(=O)Nc2cc(Br)n(C)n2)cc1C(F)(F)F. The fourth-order valence-corrected chi connectivity index (χ4v) is 2.81. The number of carbonyl (C=O) groups is 1. The number of hydrogen-bond acceptors (Lipinski definition) is 4. The lowest BCUT2D eigenvalue weighted by Crippen LogP contribution is -2.28. The number of aryl methyl sites for hydroxylation is 1. The molecule has 0 aliphatic heterocycles. The Hall–Kier alpha value is -2.11. The van der Waals surface area contributed by atoms with Crippen LogP contribution in [0.4, 0.5) is 29.5 Å². The third-order valence-electron chi connectivity index (χ3n) is 3.92. The molecule has 0 saturated carbocycles. The largest absolute Gasteiger partial charge is 0.416 e. The smallest absolute Gasteiger partial charge is 0.318 e. The van der Waals surface area contributed by atoms with Gasteiger partial charge in [-0.25, -0.2) is 4.79 Å². The molecule has 0 fully saturated rings. The normalized spacial score (nSPS) is 11.1. The molecule has 168 valence electrons. The van der Waals surface area contributed by atoms with Crippen molar-refractivity contribution in [2.75, 3.05) is 37.8 Å². The number of nitrogens with one attached hydrogen (secondary N) is 3. The van der Waals surface area contributed by atoms with Crippen LogP contribution >= 0.6 is 15.9 Å². The van der Waals surface area contributed by atoms with E-state index in [-0.39, 0.29) is 23.6 Å². The van der Waals surface area contributed by atoms with Gasteiger partial charge in [0, 0.05) is 38.4 Å². The maximum absolute atomic E-state index is 13.5. The average Bonchev–Trinajstić information content (AvgIpc) is 2.98. The van der Waals surface area contributed by atoms with Crippen LogP contribution in [-0.4, -0.2) is 47.9 Å². The minimum Gasteiger partial charge on any atom is -0.318 e. The highest BCUT2D eigenvalue weighted by atomic mass is 79.9. The Morgan fingerprint density at radius 3 is 2.43 bits per heavy atom. The summed E-state index contributed by atoms with van der Waals surface area (Å²) in [7, 11) is 5.21. The first-order valence-electron chi connectivity index (χ1n) is 9.41. The van der Waals surface area contributed by atoms with E-state index in [1.165, 1.54) is 16.8 Å². The first kappa shape index (κ1) is 25.9. The Morgan fingerprint density at radius 1 is 1.23 bits per heavy atom. The fourth-order valence-electron chi connectivity index (χ4n) is 2.51. The van der Waals surface area contributed by atoms with Crippen LogP contribution < -0.4 is 16.0 Å². The number of urea groups is 1. The van der Waals surface area contributed by atoms with Crippen molar-refractivity contribution in [2.45, 2.75) is 26.6 Å². The number of aromatic nitrogens is 2. The first-order valence-corrected chi connectivity index (χ1v) is 10.2. The summed E-state index contributed by atoms with van der Waals surface area (Å²) >= 11 is 3.24. The lowest BCUT2D eigenvalue weighted by Gasteiger charge is -2.20. The lowest BCUT2D eigenvalue weighted by atomic mass is 10.1. The van der Waals surface area contributed by atoms with E-state index in [0.717, 1.165) is 6.07 Å². The molecule has 0 unspecified atom stereocenters. The number of halogens is 4. The maximum Gasteiger partial charge on any atom is 0.416 e. The third-order valence-corrected chi connectivity index (χ3v) is 4.66. The van der Waals surface area contributed by atoms with Crippen molar-refractivity contribution in [1.82, 2.24) is 20.0 Å². The second-order valence-electron chi connectivity index (χ2n) is 6.27. The molecular formula is C19H28BrF3N6O. The third kappa shape index (κ3) is 7.96. The van der Waals surface area contributed by atoms with Gasteiger partial charge in [0.05, 0.1) is 5.56 Å². The van der Waals surface area contributed by atoms with E-state index in [4.69, 9.17) is 0 Å². The van der Waals surface area contributed by atoms with Crippen LogP contribution in [0.15, 0.2) is 28.9 Å². The van der Waals surface area contributed by atoms with Crippen LogP contribution in [0.1, 0.15) is 25.0 Å². The van der Waals surface area contributed by atoms with E-state index in [2.05, 4.69) is 37.0 Å². The summed E-state index contributed by atoms with van der Waals surface area (Å²) in [5, 5.41) is 11.9. The molecule has 0 radical (unpaired) electrons. The standard InChI is InChI=1S/C17H22BrF3N6O.C2H6/c1-22-6-7-26(2)10-11-4-5-12(8-13(11)17(19,20)21)23-16(28)24-15-9-14(18)27(3)25-15;1-2/h4-5,8-9,22H,6-7,10H2,1-3H3,(H2,23,24,25,28);1-2H3. The Kier molecular flexibility index (Phi) is 10.3. The van der Waals surface area contributed by atoms with E-state index < -0.39 is 17.8 Å². The predicted octanol–water partition coefficient (Wildman–Crippen LogP) is 4.52. The zero-order valence-corrected chi connectivity index (χ0v) is 19.3. The number of anilines is 2. The molecule has 11 heteroatoms. The Balaban J connectivity index is 0.00000218. The van der Waals surface area contributed by atoms with E-state index >= 15 is 0 Å². The van der Waals surface area contributed by atoms with Gasteiger partial charge >= 0.3 is 12.2 Å². The number of carbonyl (C=O) groups excluding carboxylic acids is 1. The molecule has 2 rings (SSSR count). The molecule has 1 heterocycles. The van der Waals surface area contributed by atoms with Gasteiger partial charge in [-0.1, -0.05) is 19.9 Å². The van der Waals surface area contributed by atoms with Crippen LogP contribution in [-0.2, 0) is 19.8 Å². The van der Waals surface area contributed by atoms with E-state index in [0.29, 0.717) is 17.7 Å². The minimum absolute atomic E-state index is 0.0430. The summed E-state index contributed by atoms with van der Waals surface area (Å²) in [4.78, 5) is 13.9. The van der Waals surface area contributed by atoms with Gasteiger partial charge in [0.2, 0.25) is 0 Å². The quantitative estimate of drug-likeness (QED) is 0.531. The van der Waals surface area contributed by atoms with Crippen molar-refractivity contribution >= 4 is 33.5 Å². The van der Waals surface area contributed by atoms with E-state index in [1.54, 1.807) is 32.1 Å². The molecule has 3 N–H and O–H groups in total. The predicted molar refractivity (Wildman–Crippen MR) is 117 cm³/mol. The molecule has 0 atom stereocenters. The molecule has 30 heavy (non-hydrogen) atoms. The summed E-state index contributed by atoms with van der Waals surface area (Å²) in [6.07, 6.45) is -4.53. The van der Waals surface area contributed by atoms with Crippen LogP contribution in [0, 0.1) is 0 Å². The zero-order chi connectivity index (χ0) is 22.9. The molecule has 0 aliphatic rings. The van der Waals surface area contributed by atoms with Crippen LogP contribution in [0.5, 0.6) is 0 Å². The zero-order valence-electron chi connectivity index (χ0n) is 17.7. The van der Waals surface area contributed by atoms with Crippen molar-refractivity contribution in [1.29, 1.82) is 0 Å². The average molecular weight is 493 g/mol. The van der Waals surface area contributed by atoms with Crippen LogP contribution in [0.3, 0.4) is 0 Å². The van der Waals surface area contributed by atoms with Gasteiger partial charge < -0.3 is 15.5 Å². The van der Waals surface area contributed by atoms with Gasteiger partial charge in [-0.2, -0.15) is 18.3 Å². The summed E-state index contributed by atoms with van der Waals surface area (Å²) in [6.45, 7) is 5.42. The highest BCUT2D eigenvalue weighted by Crippen LogP contribution is 2.34. The molecule has 7 nitrogen and oxygen atoms in total. The molecule has 0 spiro atoms. The summed E-state index contributed by atoms with van der Waals surface area (Å²) in [6, 6.07) is 4.66. The van der Waals surface area contributed by atoms with Gasteiger partial charge in [-0.05, 0) is 47.7 Å². The molecular weight excluding hydrogens is 465 g/mol. The topological polar surface area (TPSA) is 74.2 Å². The van der Waals surface area contributed by atoms with Gasteiger partial charge in [0.15, 0.2) is 5.82 Å². The van der Waals surface area contributed by atoms with E-state index in [1.807, 2.05) is 13.8 Å². The minimum atomic E-state index is -4.53. The lowest BCUT2D eigenvalue weighted by molar-refractivity contribution is -0.138. The Morgan fingerprint density at radius 2 is 1.90 bits per heavy atom. The monoisotopic (exact) mass is 492 g/mol.